The van der Waals surface area contributed by atoms with Crippen LogP contribution in [0.25, 0.3) is 0 Å². The summed E-state index contributed by atoms with van der Waals surface area (Å²) >= 11 is 0. The second-order valence-electron chi connectivity index (χ2n) is 5.19. The van der Waals surface area contributed by atoms with E-state index in [0.717, 1.165) is 4.90 Å². The first kappa shape index (κ1) is 16.3. The lowest BCUT2D eigenvalue weighted by atomic mass is 9.98. The molecule has 1 amide bonds. The number of rotatable bonds is 5. The van der Waals surface area contributed by atoms with Gasteiger partial charge in [0.25, 0.3) is 0 Å². The van der Waals surface area contributed by atoms with E-state index in [0.29, 0.717) is 25.8 Å². The van der Waals surface area contributed by atoms with Gasteiger partial charge in [-0.3, -0.25) is 4.79 Å². The van der Waals surface area contributed by atoms with Crippen molar-refractivity contribution in [2.75, 3.05) is 13.1 Å². The maximum atomic E-state index is 12.7. The fourth-order valence-corrected chi connectivity index (χ4v) is 2.72. The summed E-state index contributed by atoms with van der Waals surface area (Å²) in [7, 11) is 0. The monoisotopic (exact) mass is 280 g/mol. The molecule has 6 heteroatoms. The highest BCUT2D eigenvalue weighted by Crippen LogP contribution is 2.25. The molecule has 0 spiro atoms. The third-order valence-electron chi connectivity index (χ3n) is 3.86. The van der Waals surface area contributed by atoms with Crippen molar-refractivity contribution in [3.05, 3.63) is 0 Å². The van der Waals surface area contributed by atoms with Gasteiger partial charge in [0, 0.05) is 12.1 Å². The Kier molecular flexibility index (Phi) is 5.64. The Balaban J connectivity index is 2.85. The van der Waals surface area contributed by atoms with Crippen LogP contribution in [0.2, 0.25) is 0 Å². The minimum absolute atomic E-state index is 0.0439. The highest BCUT2D eigenvalue weighted by molar-refractivity contribution is 5.80. The average Bonchev–Trinajstić information content (AvgIpc) is 2.73. The minimum atomic E-state index is -4.34. The number of nitrogens with one attached hydrogen (secondary N) is 1. The summed E-state index contributed by atoms with van der Waals surface area (Å²) in [4.78, 5) is 13.4. The van der Waals surface area contributed by atoms with Crippen molar-refractivity contribution >= 4 is 5.91 Å². The van der Waals surface area contributed by atoms with Gasteiger partial charge in [-0.05, 0) is 32.7 Å². The van der Waals surface area contributed by atoms with E-state index in [1.54, 1.807) is 0 Å². The van der Waals surface area contributed by atoms with Gasteiger partial charge in [-0.25, -0.2) is 0 Å². The van der Waals surface area contributed by atoms with Crippen LogP contribution in [0.5, 0.6) is 0 Å². The van der Waals surface area contributed by atoms with Crippen LogP contribution in [0.3, 0.4) is 0 Å². The molecule has 19 heavy (non-hydrogen) atoms. The van der Waals surface area contributed by atoms with Crippen LogP contribution in [0.15, 0.2) is 0 Å². The summed E-state index contributed by atoms with van der Waals surface area (Å²) in [5.74, 6) is -0.688. The van der Waals surface area contributed by atoms with Gasteiger partial charge in [-0.2, -0.15) is 13.2 Å². The highest BCUT2D eigenvalue weighted by atomic mass is 19.4. The second kappa shape index (κ2) is 6.59. The van der Waals surface area contributed by atoms with Gasteiger partial charge in [-0.1, -0.05) is 13.8 Å². The highest BCUT2D eigenvalue weighted by Gasteiger charge is 2.40. The van der Waals surface area contributed by atoms with Gasteiger partial charge in [-0.15, -0.1) is 0 Å². The number of hydrogen-bond donors (Lipinski definition) is 1. The molecule has 0 aliphatic carbocycles. The third kappa shape index (κ3) is 4.37. The largest absolute Gasteiger partial charge is 0.406 e. The average molecular weight is 280 g/mol. The Hall–Kier alpha value is -0.780. The van der Waals surface area contributed by atoms with Gasteiger partial charge in [0.1, 0.15) is 6.54 Å². The molecule has 2 atom stereocenters. The second-order valence-corrected chi connectivity index (χ2v) is 5.19. The van der Waals surface area contributed by atoms with Crippen LogP contribution in [-0.4, -0.2) is 42.2 Å². The predicted octanol–water partition coefficient (Wildman–Crippen LogP) is 2.56. The standard InChI is InChI=1S/C13H23F3N2O/c1-4-10(5-2)18(8-13(14,15)16)12(19)11-6-7-17-9(11)3/h9-11,17H,4-8H2,1-3H3. The molecule has 0 aromatic carbocycles. The molecular formula is C13H23F3N2O. The molecule has 0 aromatic heterocycles. The fourth-order valence-electron chi connectivity index (χ4n) is 2.72. The van der Waals surface area contributed by atoms with Crippen LogP contribution < -0.4 is 5.32 Å². The maximum absolute atomic E-state index is 12.7. The summed E-state index contributed by atoms with van der Waals surface area (Å²) in [6.07, 6.45) is -2.62. The molecule has 0 bridgehead atoms. The normalized spacial score (nSPS) is 23.9. The number of nitrogens with zero attached hydrogens (tertiary/aromatic N) is 1. The van der Waals surface area contributed by atoms with Crippen molar-refractivity contribution < 1.29 is 18.0 Å². The molecule has 1 N–H and O–H groups in total. The number of halogens is 3. The molecule has 1 heterocycles. The third-order valence-corrected chi connectivity index (χ3v) is 3.86. The molecule has 3 nitrogen and oxygen atoms in total. The summed E-state index contributed by atoms with van der Waals surface area (Å²) in [6.45, 7) is 5.05. The molecule has 0 saturated carbocycles. The van der Waals surface area contributed by atoms with E-state index in [9.17, 15) is 18.0 Å². The summed E-state index contributed by atoms with van der Waals surface area (Å²) in [5, 5.41) is 3.11. The first-order chi connectivity index (χ1) is 8.80. The van der Waals surface area contributed by atoms with Gasteiger partial charge in [0.05, 0.1) is 5.92 Å². The van der Waals surface area contributed by atoms with Gasteiger partial charge >= 0.3 is 6.18 Å². The molecule has 0 aromatic rings. The summed E-state index contributed by atoms with van der Waals surface area (Å²) < 4.78 is 38.0. The van der Waals surface area contributed by atoms with Gasteiger partial charge in [0.2, 0.25) is 5.91 Å². The van der Waals surface area contributed by atoms with Crippen LogP contribution in [0.1, 0.15) is 40.0 Å². The predicted molar refractivity (Wildman–Crippen MR) is 67.7 cm³/mol. The van der Waals surface area contributed by atoms with Crippen LogP contribution in [0.4, 0.5) is 13.2 Å². The van der Waals surface area contributed by atoms with Crippen LogP contribution in [0, 0.1) is 5.92 Å². The topological polar surface area (TPSA) is 32.3 Å². The first-order valence-electron chi connectivity index (χ1n) is 6.90. The molecular weight excluding hydrogens is 257 g/mol. The molecule has 1 aliphatic heterocycles. The molecule has 1 rings (SSSR count). The number of amides is 1. The van der Waals surface area contributed by atoms with Crippen molar-refractivity contribution in [1.29, 1.82) is 0 Å². The smallest absolute Gasteiger partial charge is 0.330 e. The molecule has 1 fully saturated rings. The van der Waals surface area contributed by atoms with Crippen molar-refractivity contribution in [2.45, 2.75) is 58.3 Å². The minimum Gasteiger partial charge on any atom is -0.330 e. The lowest BCUT2D eigenvalue weighted by Crippen LogP contribution is -2.49. The van der Waals surface area contributed by atoms with Gasteiger partial charge < -0.3 is 10.2 Å². The number of carbonyl (C=O) groups is 1. The van der Waals surface area contributed by atoms with E-state index >= 15 is 0 Å². The van der Waals surface area contributed by atoms with E-state index in [4.69, 9.17) is 0 Å². The molecule has 112 valence electrons. The molecule has 0 radical (unpaired) electrons. The number of alkyl halides is 3. The Morgan fingerprint density at radius 3 is 2.32 bits per heavy atom. The lowest BCUT2D eigenvalue weighted by Gasteiger charge is -2.34. The van der Waals surface area contributed by atoms with Crippen molar-refractivity contribution in [1.82, 2.24) is 10.2 Å². The summed E-state index contributed by atoms with van der Waals surface area (Å²) in [5.41, 5.74) is 0. The molecule has 1 saturated heterocycles. The zero-order valence-corrected chi connectivity index (χ0v) is 11.8. The Morgan fingerprint density at radius 1 is 1.37 bits per heavy atom. The molecule has 1 aliphatic rings. The van der Waals surface area contributed by atoms with E-state index in [2.05, 4.69) is 5.32 Å². The van der Waals surface area contributed by atoms with Crippen LogP contribution in [-0.2, 0) is 4.79 Å². The molecule has 2 unspecified atom stereocenters. The number of carbonyl (C=O) groups excluding carboxylic acids is 1. The summed E-state index contributed by atoms with van der Waals surface area (Å²) in [6, 6.07) is -0.375. The van der Waals surface area contributed by atoms with Gasteiger partial charge in [0.15, 0.2) is 0 Å². The van der Waals surface area contributed by atoms with E-state index in [1.807, 2.05) is 20.8 Å². The maximum Gasteiger partial charge on any atom is 0.406 e. The van der Waals surface area contributed by atoms with Crippen molar-refractivity contribution in [2.24, 2.45) is 5.92 Å². The van der Waals surface area contributed by atoms with Crippen LogP contribution >= 0.6 is 0 Å². The fraction of sp³-hybridized carbons (Fsp3) is 0.923. The van der Waals surface area contributed by atoms with E-state index in [1.165, 1.54) is 0 Å². The lowest BCUT2D eigenvalue weighted by molar-refractivity contribution is -0.168. The number of hydrogen-bond acceptors (Lipinski definition) is 2. The van der Waals surface area contributed by atoms with E-state index < -0.39 is 12.7 Å². The van der Waals surface area contributed by atoms with Crippen molar-refractivity contribution in [3.63, 3.8) is 0 Å². The Bertz CT molecular complexity index is 303. The first-order valence-corrected chi connectivity index (χ1v) is 6.90. The zero-order chi connectivity index (χ0) is 14.6. The zero-order valence-electron chi connectivity index (χ0n) is 11.8. The Labute approximate surface area is 112 Å². The quantitative estimate of drug-likeness (QED) is 0.839. The Morgan fingerprint density at radius 2 is 1.95 bits per heavy atom. The SMILES string of the molecule is CCC(CC)N(CC(F)(F)F)C(=O)C1CCNC1C. The van der Waals surface area contributed by atoms with E-state index in [-0.39, 0.29) is 23.9 Å². The van der Waals surface area contributed by atoms with Crippen molar-refractivity contribution in [3.8, 4) is 0 Å².